The molecule has 0 saturated carbocycles. The summed E-state index contributed by atoms with van der Waals surface area (Å²) in [6.07, 6.45) is 4.15. The van der Waals surface area contributed by atoms with Crippen LogP contribution < -0.4 is 10.1 Å². The molecule has 174 valence electrons. The minimum absolute atomic E-state index is 0.172. The van der Waals surface area contributed by atoms with Crippen LogP contribution in [-0.2, 0) is 4.79 Å². The van der Waals surface area contributed by atoms with Gasteiger partial charge >= 0.3 is 0 Å². The molecule has 0 bridgehead atoms. The van der Waals surface area contributed by atoms with Crippen LogP contribution in [0.2, 0.25) is 0 Å². The lowest BCUT2D eigenvalue weighted by atomic mass is 9.72. The van der Waals surface area contributed by atoms with E-state index in [1.807, 2.05) is 30.5 Å². The monoisotopic (exact) mass is 460 g/mol. The second-order valence-corrected chi connectivity index (χ2v) is 9.38. The molecule has 1 aliphatic heterocycles. The SMILES string of the molecule is CCCOc1ccc([C@H]2Nc3ccc4ncccc4c3C3=C2C(=O)C[C@@H](c2ccccc2)C3)cc1. The Kier molecular flexibility index (Phi) is 5.57. The van der Waals surface area contributed by atoms with Gasteiger partial charge in [0.05, 0.1) is 18.2 Å². The Morgan fingerprint density at radius 3 is 2.54 bits per heavy atom. The Morgan fingerprint density at radius 2 is 1.74 bits per heavy atom. The number of carbonyl (C=O) groups is 1. The smallest absolute Gasteiger partial charge is 0.162 e. The Hall–Kier alpha value is -3.92. The van der Waals surface area contributed by atoms with Crippen LogP contribution in [0, 0.1) is 0 Å². The van der Waals surface area contributed by atoms with Crippen molar-refractivity contribution in [1.29, 1.82) is 0 Å². The molecule has 2 aliphatic rings. The van der Waals surface area contributed by atoms with Gasteiger partial charge in [0, 0.05) is 34.8 Å². The molecule has 3 aromatic carbocycles. The number of benzene rings is 3. The zero-order valence-electron chi connectivity index (χ0n) is 19.8. The minimum atomic E-state index is -0.184. The first kappa shape index (κ1) is 21.6. The van der Waals surface area contributed by atoms with E-state index in [1.165, 1.54) is 5.56 Å². The van der Waals surface area contributed by atoms with Crippen LogP contribution in [0.4, 0.5) is 5.69 Å². The first-order valence-corrected chi connectivity index (χ1v) is 12.4. The van der Waals surface area contributed by atoms with Crippen LogP contribution in [0.3, 0.4) is 0 Å². The summed E-state index contributed by atoms with van der Waals surface area (Å²) >= 11 is 0. The van der Waals surface area contributed by atoms with E-state index in [-0.39, 0.29) is 17.7 Å². The van der Waals surface area contributed by atoms with E-state index >= 15 is 0 Å². The molecular weight excluding hydrogens is 432 g/mol. The first-order chi connectivity index (χ1) is 17.2. The summed E-state index contributed by atoms with van der Waals surface area (Å²) in [5.41, 5.74) is 7.47. The number of hydrogen-bond donors (Lipinski definition) is 1. The number of hydrogen-bond acceptors (Lipinski definition) is 4. The van der Waals surface area contributed by atoms with Gasteiger partial charge in [-0.15, -0.1) is 0 Å². The number of nitrogens with zero attached hydrogens (tertiary/aromatic N) is 1. The topological polar surface area (TPSA) is 51.2 Å². The van der Waals surface area contributed by atoms with Gasteiger partial charge in [-0.1, -0.05) is 55.5 Å². The molecule has 2 heterocycles. The first-order valence-electron chi connectivity index (χ1n) is 12.4. The molecule has 0 radical (unpaired) electrons. The number of Topliss-reactive ketones (excluding diaryl/α,β-unsaturated/α-hetero) is 1. The minimum Gasteiger partial charge on any atom is -0.494 e. The Labute approximate surface area is 205 Å². The molecule has 1 N–H and O–H groups in total. The summed E-state index contributed by atoms with van der Waals surface area (Å²) in [6.45, 7) is 2.80. The number of pyridine rings is 1. The number of ether oxygens (including phenoxy) is 1. The lowest BCUT2D eigenvalue weighted by molar-refractivity contribution is -0.116. The molecule has 0 spiro atoms. The molecule has 0 saturated heterocycles. The third-order valence-corrected chi connectivity index (χ3v) is 7.14. The van der Waals surface area contributed by atoms with E-state index in [2.05, 4.69) is 71.8 Å². The zero-order chi connectivity index (χ0) is 23.8. The Bertz CT molecular complexity index is 1420. The normalized spacial score (nSPS) is 19.2. The second kappa shape index (κ2) is 9.03. The van der Waals surface area contributed by atoms with E-state index in [0.717, 1.165) is 57.5 Å². The highest BCUT2D eigenvalue weighted by Crippen LogP contribution is 2.50. The van der Waals surface area contributed by atoms with E-state index < -0.39 is 0 Å². The van der Waals surface area contributed by atoms with Gasteiger partial charge < -0.3 is 10.1 Å². The van der Waals surface area contributed by atoms with Crippen LogP contribution in [0.5, 0.6) is 5.75 Å². The molecule has 4 heteroatoms. The number of aromatic nitrogens is 1. The van der Waals surface area contributed by atoms with Gasteiger partial charge in [0.25, 0.3) is 0 Å². The van der Waals surface area contributed by atoms with Crippen molar-refractivity contribution >= 4 is 27.9 Å². The molecule has 0 amide bonds. The van der Waals surface area contributed by atoms with Crippen molar-refractivity contribution in [2.75, 3.05) is 11.9 Å². The molecule has 1 aliphatic carbocycles. The fourth-order valence-corrected chi connectivity index (χ4v) is 5.52. The third kappa shape index (κ3) is 3.89. The number of fused-ring (bicyclic) bond motifs is 4. The number of rotatable bonds is 5. The van der Waals surface area contributed by atoms with Crippen molar-refractivity contribution in [2.45, 2.75) is 38.1 Å². The van der Waals surface area contributed by atoms with Gasteiger partial charge in [0.2, 0.25) is 0 Å². The highest BCUT2D eigenvalue weighted by Gasteiger charge is 2.38. The van der Waals surface area contributed by atoms with Crippen LogP contribution in [-0.4, -0.2) is 17.4 Å². The highest BCUT2D eigenvalue weighted by molar-refractivity contribution is 6.12. The maximum Gasteiger partial charge on any atom is 0.162 e. The summed E-state index contributed by atoms with van der Waals surface area (Å²) in [4.78, 5) is 18.4. The van der Waals surface area contributed by atoms with Crippen molar-refractivity contribution in [3.05, 3.63) is 107 Å². The lowest BCUT2D eigenvalue weighted by Crippen LogP contribution is -2.29. The molecule has 4 aromatic rings. The van der Waals surface area contributed by atoms with Crippen molar-refractivity contribution in [3.8, 4) is 5.75 Å². The van der Waals surface area contributed by atoms with Crippen LogP contribution in [0.1, 0.15) is 54.8 Å². The Balaban J connectivity index is 1.49. The summed E-state index contributed by atoms with van der Waals surface area (Å²) in [6, 6.07) is 26.7. The molecule has 4 nitrogen and oxygen atoms in total. The maximum absolute atomic E-state index is 13.8. The molecule has 6 rings (SSSR count). The van der Waals surface area contributed by atoms with Gasteiger partial charge in [0.15, 0.2) is 5.78 Å². The van der Waals surface area contributed by atoms with Gasteiger partial charge in [0.1, 0.15) is 5.75 Å². The predicted octanol–water partition coefficient (Wildman–Crippen LogP) is 7.09. The standard InChI is InChI=1S/C31H28N2O2/c1-2-17-35-23-12-10-21(11-13-23)31-30-25(18-22(19-28(30)34)20-7-4-3-5-8-20)29-24-9-6-16-32-26(24)14-15-27(29)33-31/h3-16,22,31,33H,2,17-19H2,1H3/t22-,31+/m0/s1. The summed E-state index contributed by atoms with van der Waals surface area (Å²) < 4.78 is 5.79. The molecule has 0 unspecified atom stereocenters. The molecule has 1 aromatic heterocycles. The lowest BCUT2D eigenvalue weighted by Gasteiger charge is -2.37. The van der Waals surface area contributed by atoms with Crippen molar-refractivity contribution < 1.29 is 9.53 Å². The second-order valence-electron chi connectivity index (χ2n) is 9.38. The van der Waals surface area contributed by atoms with Gasteiger partial charge in [-0.05, 0) is 65.8 Å². The number of anilines is 1. The highest BCUT2D eigenvalue weighted by atomic mass is 16.5. The van der Waals surface area contributed by atoms with Gasteiger partial charge in [-0.3, -0.25) is 9.78 Å². The number of nitrogens with one attached hydrogen (secondary N) is 1. The van der Waals surface area contributed by atoms with Crippen LogP contribution in [0.15, 0.2) is 90.6 Å². The van der Waals surface area contributed by atoms with Crippen LogP contribution in [0.25, 0.3) is 16.5 Å². The molecule has 35 heavy (non-hydrogen) atoms. The third-order valence-electron chi connectivity index (χ3n) is 7.14. The average molecular weight is 461 g/mol. The van der Waals surface area contributed by atoms with E-state index in [1.54, 1.807) is 0 Å². The summed E-state index contributed by atoms with van der Waals surface area (Å²) in [5.74, 6) is 1.25. The van der Waals surface area contributed by atoms with Crippen molar-refractivity contribution in [1.82, 2.24) is 4.98 Å². The van der Waals surface area contributed by atoms with E-state index in [0.29, 0.717) is 13.0 Å². The van der Waals surface area contributed by atoms with Crippen molar-refractivity contribution in [3.63, 3.8) is 0 Å². The number of carbonyl (C=O) groups excluding carboxylic acids is 1. The zero-order valence-corrected chi connectivity index (χ0v) is 19.8. The maximum atomic E-state index is 13.8. The predicted molar refractivity (Wildman–Crippen MR) is 141 cm³/mol. The Morgan fingerprint density at radius 1 is 0.914 bits per heavy atom. The quantitative estimate of drug-likeness (QED) is 0.345. The fourth-order valence-electron chi connectivity index (χ4n) is 5.52. The fraction of sp³-hybridized carbons (Fsp3) is 0.226. The number of ketones is 1. The van der Waals surface area contributed by atoms with Crippen molar-refractivity contribution in [2.24, 2.45) is 0 Å². The molecule has 2 atom stereocenters. The molecule has 0 fully saturated rings. The largest absolute Gasteiger partial charge is 0.494 e. The average Bonchev–Trinajstić information content (AvgIpc) is 2.91. The van der Waals surface area contributed by atoms with Gasteiger partial charge in [-0.25, -0.2) is 0 Å². The summed E-state index contributed by atoms with van der Waals surface area (Å²) in [5, 5.41) is 4.80. The summed E-state index contributed by atoms with van der Waals surface area (Å²) in [7, 11) is 0. The van der Waals surface area contributed by atoms with E-state index in [4.69, 9.17) is 4.74 Å². The van der Waals surface area contributed by atoms with Crippen LogP contribution >= 0.6 is 0 Å². The van der Waals surface area contributed by atoms with E-state index in [9.17, 15) is 4.79 Å². The van der Waals surface area contributed by atoms with Gasteiger partial charge in [-0.2, -0.15) is 0 Å². The number of allylic oxidation sites excluding steroid dienone is 1. The molecular formula is C31H28N2O2.